The minimum Gasteiger partial charge on any atom is -0.481 e. The van der Waals surface area contributed by atoms with Crippen LogP contribution >= 0.6 is 0 Å². The number of allylic oxidation sites excluding steroid dienone is 1. The summed E-state index contributed by atoms with van der Waals surface area (Å²) in [4.78, 5) is 11.0. The first-order valence-electron chi connectivity index (χ1n) is 5.67. The Bertz CT molecular complexity index is 218. The van der Waals surface area contributed by atoms with Gasteiger partial charge in [0.15, 0.2) is 0 Å². The van der Waals surface area contributed by atoms with E-state index in [9.17, 15) is 4.79 Å². The van der Waals surface area contributed by atoms with E-state index in [2.05, 4.69) is 13.0 Å². The van der Waals surface area contributed by atoms with E-state index >= 15 is 0 Å². The Hall–Kier alpha value is -0.790. The molecule has 0 aromatic rings. The van der Waals surface area contributed by atoms with Gasteiger partial charge in [-0.2, -0.15) is 0 Å². The molecule has 1 aliphatic carbocycles. The van der Waals surface area contributed by atoms with Crippen LogP contribution in [0.5, 0.6) is 0 Å². The van der Waals surface area contributed by atoms with E-state index in [0.29, 0.717) is 0 Å². The quantitative estimate of drug-likeness (QED) is 0.553. The van der Waals surface area contributed by atoms with Crippen molar-refractivity contribution in [2.75, 3.05) is 0 Å². The molecule has 2 nitrogen and oxygen atoms in total. The molecule has 0 amide bonds. The second-order valence-electron chi connectivity index (χ2n) is 4.06. The maximum absolute atomic E-state index is 11.0. The van der Waals surface area contributed by atoms with E-state index in [4.69, 9.17) is 5.11 Å². The molecule has 1 N–H and O–H groups in total. The molecule has 1 fully saturated rings. The van der Waals surface area contributed by atoms with Crippen LogP contribution < -0.4 is 0 Å². The maximum atomic E-state index is 11.0. The summed E-state index contributed by atoms with van der Waals surface area (Å²) in [6, 6.07) is 0. The molecule has 0 spiro atoms. The number of unbranched alkanes of at least 4 members (excludes halogenated alkanes) is 2. The summed E-state index contributed by atoms with van der Waals surface area (Å²) in [5, 5.41) is 9.02. The zero-order valence-corrected chi connectivity index (χ0v) is 8.96. The second kappa shape index (κ2) is 5.84. The van der Waals surface area contributed by atoms with Crippen LogP contribution in [0.2, 0.25) is 0 Å². The number of aliphatic carboxylic acids is 1. The predicted molar refractivity (Wildman–Crippen MR) is 57.2 cm³/mol. The molecule has 0 aromatic carbocycles. The standard InChI is InChI=1S/C12H20O2/c1-2-3-4-7-10-8-5-6-9-11(10)12(13)14/h7,11H,2-6,8-9H2,1H3,(H,13,14). The molecule has 1 atom stereocenters. The number of hydrogen-bond acceptors (Lipinski definition) is 1. The number of rotatable bonds is 4. The third-order valence-corrected chi connectivity index (χ3v) is 2.92. The lowest BCUT2D eigenvalue weighted by Gasteiger charge is -2.21. The molecule has 0 radical (unpaired) electrons. The monoisotopic (exact) mass is 196 g/mol. The van der Waals surface area contributed by atoms with Gasteiger partial charge in [-0.3, -0.25) is 4.79 Å². The average molecular weight is 196 g/mol. The third-order valence-electron chi connectivity index (χ3n) is 2.92. The molecule has 2 heteroatoms. The van der Waals surface area contributed by atoms with Crippen LogP contribution in [0.3, 0.4) is 0 Å². The van der Waals surface area contributed by atoms with Gasteiger partial charge < -0.3 is 5.11 Å². The highest BCUT2D eigenvalue weighted by Crippen LogP contribution is 2.30. The molecule has 0 aliphatic heterocycles. The molecule has 0 saturated heterocycles. The van der Waals surface area contributed by atoms with Gasteiger partial charge in [-0.1, -0.05) is 37.8 Å². The van der Waals surface area contributed by atoms with Crippen molar-refractivity contribution in [1.82, 2.24) is 0 Å². The van der Waals surface area contributed by atoms with Crippen LogP contribution in [0.25, 0.3) is 0 Å². The lowest BCUT2D eigenvalue weighted by molar-refractivity contribution is -0.141. The van der Waals surface area contributed by atoms with E-state index in [1.165, 1.54) is 24.8 Å². The van der Waals surface area contributed by atoms with E-state index in [0.717, 1.165) is 25.7 Å². The minimum atomic E-state index is -0.632. The first-order chi connectivity index (χ1) is 6.75. The number of hydrogen-bond donors (Lipinski definition) is 1. The van der Waals surface area contributed by atoms with Gasteiger partial charge in [0.1, 0.15) is 0 Å². The summed E-state index contributed by atoms with van der Waals surface area (Å²) in [5.41, 5.74) is 1.18. The van der Waals surface area contributed by atoms with Crippen molar-refractivity contribution < 1.29 is 9.90 Å². The smallest absolute Gasteiger partial charge is 0.310 e. The Labute approximate surface area is 86.0 Å². The van der Waals surface area contributed by atoms with E-state index in [1.54, 1.807) is 0 Å². The first-order valence-corrected chi connectivity index (χ1v) is 5.67. The Balaban J connectivity index is 2.53. The fourth-order valence-electron chi connectivity index (χ4n) is 2.06. The van der Waals surface area contributed by atoms with E-state index in [1.807, 2.05) is 0 Å². The Kier molecular flexibility index (Phi) is 4.71. The van der Waals surface area contributed by atoms with Gasteiger partial charge in [-0.15, -0.1) is 0 Å². The van der Waals surface area contributed by atoms with E-state index < -0.39 is 5.97 Å². The van der Waals surface area contributed by atoms with Crippen molar-refractivity contribution in [3.8, 4) is 0 Å². The highest BCUT2D eigenvalue weighted by molar-refractivity contribution is 5.73. The first kappa shape index (κ1) is 11.3. The van der Waals surface area contributed by atoms with Crippen LogP contribution in [0.1, 0.15) is 51.9 Å². The molecule has 1 aliphatic rings. The van der Waals surface area contributed by atoms with Gasteiger partial charge in [0.05, 0.1) is 5.92 Å². The summed E-state index contributed by atoms with van der Waals surface area (Å²) < 4.78 is 0. The van der Waals surface area contributed by atoms with Crippen LogP contribution in [0.15, 0.2) is 11.6 Å². The summed E-state index contributed by atoms with van der Waals surface area (Å²) in [6.45, 7) is 2.16. The summed E-state index contributed by atoms with van der Waals surface area (Å²) in [5.74, 6) is -0.812. The molecule has 0 heterocycles. The largest absolute Gasteiger partial charge is 0.481 e. The average Bonchev–Trinajstić information content (AvgIpc) is 2.19. The Morgan fingerprint density at radius 2 is 2.36 bits per heavy atom. The molecule has 1 saturated carbocycles. The fourth-order valence-corrected chi connectivity index (χ4v) is 2.06. The molecular formula is C12H20O2. The van der Waals surface area contributed by atoms with Crippen LogP contribution in [0.4, 0.5) is 0 Å². The summed E-state index contributed by atoms with van der Waals surface area (Å²) in [6.07, 6.45) is 9.66. The van der Waals surface area contributed by atoms with Crippen LogP contribution in [0, 0.1) is 5.92 Å². The van der Waals surface area contributed by atoms with Gasteiger partial charge >= 0.3 is 5.97 Å². The topological polar surface area (TPSA) is 37.3 Å². The van der Waals surface area contributed by atoms with Crippen molar-refractivity contribution in [2.45, 2.75) is 51.9 Å². The van der Waals surface area contributed by atoms with Gasteiger partial charge in [-0.25, -0.2) is 0 Å². The van der Waals surface area contributed by atoms with Crippen molar-refractivity contribution in [3.63, 3.8) is 0 Å². The highest BCUT2D eigenvalue weighted by atomic mass is 16.4. The lowest BCUT2D eigenvalue weighted by atomic mass is 9.83. The zero-order valence-electron chi connectivity index (χ0n) is 8.96. The van der Waals surface area contributed by atoms with Gasteiger partial charge in [0.2, 0.25) is 0 Å². The lowest BCUT2D eigenvalue weighted by Crippen LogP contribution is -2.19. The number of carboxylic acids is 1. The minimum absolute atomic E-state index is 0.180. The molecule has 14 heavy (non-hydrogen) atoms. The van der Waals surface area contributed by atoms with Crippen molar-refractivity contribution in [3.05, 3.63) is 11.6 Å². The van der Waals surface area contributed by atoms with Crippen LogP contribution in [-0.2, 0) is 4.79 Å². The highest BCUT2D eigenvalue weighted by Gasteiger charge is 2.24. The number of carboxylic acid groups (broad SMARTS) is 1. The fraction of sp³-hybridized carbons (Fsp3) is 0.750. The van der Waals surface area contributed by atoms with Crippen molar-refractivity contribution in [2.24, 2.45) is 5.92 Å². The zero-order chi connectivity index (χ0) is 10.4. The predicted octanol–water partition coefficient (Wildman–Crippen LogP) is 3.38. The third kappa shape index (κ3) is 3.17. The van der Waals surface area contributed by atoms with Gasteiger partial charge in [0, 0.05) is 0 Å². The SMILES string of the molecule is CCCCC=C1CCCCC1C(=O)O. The molecular weight excluding hydrogens is 176 g/mol. The Morgan fingerprint density at radius 1 is 1.57 bits per heavy atom. The molecule has 1 unspecified atom stereocenters. The number of carbonyl (C=O) groups is 1. The summed E-state index contributed by atoms with van der Waals surface area (Å²) >= 11 is 0. The van der Waals surface area contributed by atoms with Gasteiger partial charge in [0.25, 0.3) is 0 Å². The molecule has 1 rings (SSSR count). The second-order valence-corrected chi connectivity index (χ2v) is 4.06. The molecule has 0 aromatic heterocycles. The van der Waals surface area contributed by atoms with E-state index in [-0.39, 0.29) is 5.92 Å². The van der Waals surface area contributed by atoms with Crippen molar-refractivity contribution >= 4 is 5.97 Å². The molecule has 80 valence electrons. The van der Waals surface area contributed by atoms with Crippen LogP contribution in [-0.4, -0.2) is 11.1 Å². The maximum Gasteiger partial charge on any atom is 0.310 e. The van der Waals surface area contributed by atoms with Crippen molar-refractivity contribution in [1.29, 1.82) is 0 Å². The summed E-state index contributed by atoms with van der Waals surface area (Å²) in [7, 11) is 0. The Morgan fingerprint density at radius 3 is 3.00 bits per heavy atom. The normalized spacial score (nSPS) is 25.2. The molecule has 0 bridgehead atoms. The van der Waals surface area contributed by atoms with Gasteiger partial charge in [-0.05, 0) is 25.7 Å².